The van der Waals surface area contributed by atoms with Gasteiger partial charge in [-0.05, 0) is 11.1 Å². The molecule has 1 unspecified atom stereocenters. The second-order valence-corrected chi connectivity index (χ2v) is 4.22. The molecule has 0 bridgehead atoms. The predicted molar refractivity (Wildman–Crippen MR) is 81.3 cm³/mol. The highest BCUT2D eigenvalue weighted by Crippen LogP contribution is 2.17. The molecule has 0 amide bonds. The Bertz CT molecular complexity index is 451. The first-order valence-electron chi connectivity index (χ1n) is 5.85. The maximum absolute atomic E-state index is 9.76. The zero-order valence-electron chi connectivity index (χ0n) is 10.4. The van der Waals surface area contributed by atoms with E-state index in [1.54, 1.807) is 0 Å². The zero-order valence-corrected chi connectivity index (χ0v) is 11.3. The van der Waals surface area contributed by atoms with Crippen molar-refractivity contribution in [2.24, 2.45) is 5.73 Å². The van der Waals surface area contributed by atoms with E-state index in [0.717, 1.165) is 0 Å². The molecule has 0 aliphatic rings. The third kappa shape index (κ3) is 5.59. The predicted octanol–water partition coefficient (Wildman–Crippen LogP) is 2.68. The van der Waals surface area contributed by atoms with Gasteiger partial charge in [-0.25, -0.2) is 0 Å². The van der Waals surface area contributed by atoms with Gasteiger partial charge in [0, 0.05) is 5.75 Å². The van der Waals surface area contributed by atoms with E-state index in [1.165, 1.54) is 11.1 Å². The molecule has 0 fully saturated rings. The normalized spacial score (nSPS) is 11.1. The van der Waals surface area contributed by atoms with Gasteiger partial charge in [0.15, 0.2) is 0 Å². The van der Waals surface area contributed by atoms with Crippen LogP contribution in [0.4, 0.5) is 0 Å². The lowest BCUT2D eigenvalue weighted by atomic mass is 10.1. The van der Waals surface area contributed by atoms with Gasteiger partial charge in [0.25, 0.3) is 0 Å². The summed E-state index contributed by atoms with van der Waals surface area (Å²) in [5.41, 5.74) is 7.49. The molecule has 19 heavy (non-hydrogen) atoms. The third-order valence-corrected chi connectivity index (χ3v) is 2.79. The van der Waals surface area contributed by atoms with Crippen molar-refractivity contribution in [2.75, 3.05) is 5.75 Å². The van der Waals surface area contributed by atoms with Crippen molar-refractivity contribution < 1.29 is 9.90 Å². The lowest BCUT2D eigenvalue weighted by Gasteiger charge is -1.98. The number of hydrogen-bond donors (Lipinski definition) is 3. The summed E-state index contributed by atoms with van der Waals surface area (Å²) < 4.78 is 0. The largest absolute Gasteiger partial charge is 0.480 e. The van der Waals surface area contributed by atoms with Crippen molar-refractivity contribution in [3.8, 4) is 11.1 Å². The molecule has 0 aliphatic carbocycles. The summed E-state index contributed by atoms with van der Waals surface area (Å²) in [6.07, 6.45) is 0. The minimum atomic E-state index is -1.00. The highest BCUT2D eigenvalue weighted by Gasteiger charge is 2.06. The fraction of sp³-hybridized carbons (Fsp3) is 0.133. The van der Waals surface area contributed by atoms with Crippen LogP contribution in [0.3, 0.4) is 0 Å². The second-order valence-electron chi connectivity index (χ2n) is 3.86. The number of benzene rings is 2. The van der Waals surface area contributed by atoms with Crippen LogP contribution in [0.5, 0.6) is 0 Å². The van der Waals surface area contributed by atoms with Gasteiger partial charge in [-0.2, -0.15) is 12.6 Å². The molecule has 2 aromatic carbocycles. The number of nitrogens with two attached hydrogens (primary N) is 1. The van der Waals surface area contributed by atoms with Crippen molar-refractivity contribution in [1.82, 2.24) is 0 Å². The summed E-state index contributed by atoms with van der Waals surface area (Å²) >= 11 is 3.65. The monoisotopic (exact) mass is 275 g/mol. The van der Waals surface area contributed by atoms with E-state index in [2.05, 4.69) is 61.2 Å². The van der Waals surface area contributed by atoms with Crippen molar-refractivity contribution in [3.05, 3.63) is 60.7 Å². The summed E-state index contributed by atoms with van der Waals surface area (Å²) in [5, 5.41) is 8.01. The molecular weight excluding hydrogens is 258 g/mol. The quantitative estimate of drug-likeness (QED) is 0.755. The Morgan fingerprint density at radius 3 is 1.58 bits per heavy atom. The topological polar surface area (TPSA) is 63.3 Å². The van der Waals surface area contributed by atoms with E-state index in [9.17, 15) is 4.79 Å². The summed E-state index contributed by atoms with van der Waals surface area (Å²) in [4.78, 5) is 9.76. The van der Waals surface area contributed by atoms with E-state index < -0.39 is 12.0 Å². The van der Waals surface area contributed by atoms with Gasteiger partial charge in [-0.3, -0.25) is 4.79 Å². The van der Waals surface area contributed by atoms with Crippen LogP contribution < -0.4 is 5.73 Å². The number of aliphatic carboxylic acids is 1. The fourth-order valence-corrected chi connectivity index (χ4v) is 1.50. The van der Waals surface area contributed by atoms with E-state index in [4.69, 9.17) is 10.8 Å². The Kier molecular flexibility index (Phi) is 6.71. The molecule has 2 aromatic rings. The molecular formula is C15H17NO2S. The molecule has 0 aromatic heterocycles. The third-order valence-electron chi connectivity index (χ3n) is 2.39. The Morgan fingerprint density at radius 1 is 1.00 bits per heavy atom. The molecule has 4 heteroatoms. The lowest BCUT2D eigenvalue weighted by molar-refractivity contribution is -0.137. The van der Waals surface area contributed by atoms with E-state index >= 15 is 0 Å². The molecule has 1 atom stereocenters. The van der Waals surface area contributed by atoms with Crippen molar-refractivity contribution in [1.29, 1.82) is 0 Å². The van der Waals surface area contributed by atoms with Crippen LogP contribution in [-0.4, -0.2) is 22.9 Å². The number of hydrogen-bond acceptors (Lipinski definition) is 3. The van der Waals surface area contributed by atoms with Gasteiger partial charge in [-0.15, -0.1) is 0 Å². The van der Waals surface area contributed by atoms with Gasteiger partial charge in [-0.1, -0.05) is 60.7 Å². The highest BCUT2D eigenvalue weighted by atomic mass is 32.1. The lowest BCUT2D eigenvalue weighted by Crippen LogP contribution is -2.31. The molecule has 0 radical (unpaired) electrons. The van der Waals surface area contributed by atoms with Gasteiger partial charge in [0.05, 0.1) is 0 Å². The van der Waals surface area contributed by atoms with Gasteiger partial charge in [0.2, 0.25) is 0 Å². The standard InChI is InChI=1S/C12H10.C3H7NO2S/c1-3-7-11(8-4-1)12-9-5-2-6-10-12;4-2(1-7)3(5)6/h1-10H;2,7H,1,4H2,(H,5,6). The minimum absolute atomic E-state index is 0.190. The number of thiol groups is 1. The Morgan fingerprint density at radius 2 is 1.37 bits per heavy atom. The Balaban J connectivity index is 0.000000224. The molecule has 0 saturated heterocycles. The number of carboxylic acid groups (broad SMARTS) is 1. The minimum Gasteiger partial charge on any atom is -0.480 e. The van der Waals surface area contributed by atoms with Crippen LogP contribution in [-0.2, 0) is 4.79 Å². The Hall–Kier alpha value is -1.78. The fourth-order valence-electron chi connectivity index (χ4n) is 1.34. The molecule has 0 saturated carbocycles. The molecule has 3 nitrogen and oxygen atoms in total. The van der Waals surface area contributed by atoms with E-state index in [-0.39, 0.29) is 5.75 Å². The van der Waals surface area contributed by atoms with Gasteiger partial charge < -0.3 is 10.8 Å². The van der Waals surface area contributed by atoms with Gasteiger partial charge in [0.1, 0.15) is 6.04 Å². The molecule has 0 heterocycles. The van der Waals surface area contributed by atoms with E-state index in [1.807, 2.05) is 12.1 Å². The molecule has 2 rings (SSSR count). The van der Waals surface area contributed by atoms with E-state index in [0.29, 0.717) is 0 Å². The van der Waals surface area contributed by atoms with Crippen LogP contribution in [0.1, 0.15) is 0 Å². The van der Waals surface area contributed by atoms with Crippen molar-refractivity contribution in [3.63, 3.8) is 0 Å². The average Bonchev–Trinajstić information content (AvgIpc) is 2.49. The summed E-state index contributed by atoms with van der Waals surface area (Å²) in [6.45, 7) is 0. The van der Waals surface area contributed by atoms with Crippen LogP contribution in [0.15, 0.2) is 60.7 Å². The van der Waals surface area contributed by atoms with Crippen LogP contribution in [0.2, 0.25) is 0 Å². The number of rotatable bonds is 3. The summed E-state index contributed by atoms with van der Waals surface area (Å²) in [6, 6.07) is 20.0. The smallest absolute Gasteiger partial charge is 0.321 e. The zero-order chi connectivity index (χ0) is 14.1. The summed E-state index contributed by atoms with van der Waals surface area (Å²) in [5.74, 6) is -0.815. The van der Waals surface area contributed by atoms with Crippen molar-refractivity contribution in [2.45, 2.75) is 6.04 Å². The first-order valence-corrected chi connectivity index (χ1v) is 6.48. The first-order chi connectivity index (χ1) is 9.15. The van der Waals surface area contributed by atoms with Crippen LogP contribution >= 0.6 is 12.6 Å². The first kappa shape index (κ1) is 15.3. The van der Waals surface area contributed by atoms with Crippen LogP contribution in [0, 0.1) is 0 Å². The summed E-state index contributed by atoms with van der Waals surface area (Å²) in [7, 11) is 0. The second kappa shape index (κ2) is 8.34. The van der Waals surface area contributed by atoms with Crippen LogP contribution in [0.25, 0.3) is 11.1 Å². The molecule has 0 spiro atoms. The highest BCUT2D eigenvalue weighted by molar-refractivity contribution is 7.80. The maximum atomic E-state index is 9.76. The average molecular weight is 275 g/mol. The van der Waals surface area contributed by atoms with Gasteiger partial charge >= 0.3 is 5.97 Å². The number of carboxylic acids is 1. The molecule has 0 aliphatic heterocycles. The molecule has 3 N–H and O–H groups in total. The Labute approximate surface area is 118 Å². The van der Waals surface area contributed by atoms with Crippen molar-refractivity contribution >= 4 is 18.6 Å². The molecule has 100 valence electrons. The SMILES string of the molecule is NC(CS)C(=O)O.c1ccc(-c2ccccc2)cc1. The maximum Gasteiger partial charge on any atom is 0.321 e. The number of carbonyl (C=O) groups is 1.